The van der Waals surface area contributed by atoms with Gasteiger partial charge in [-0.3, -0.25) is 15.4 Å². The second kappa shape index (κ2) is 13.3. The van der Waals surface area contributed by atoms with Gasteiger partial charge in [0.2, 0.25) is 5.85 Å². The Bertz CT molecular complexity index is 1370. The van der Waals surface area contributed by atoms with Crippen LogP contribution in [0.5, 0.6) is 11.5 Å². The number of nitrogens with two attached hydrogens (primary N) is 1. The van der Waals surface area contributed by atoms with Gasteiger partial charge in [0, 0.05) is 24.1 Å². The van der Waals surface area contributed by atoms with Crippen molar-refractivity contribution in [2.45, 2.75) is 52.0 Å². The summed E-state index contributed by atoms with van der Waals surface area (Å²) in [6.07, 6.45) is 2.21. The molecule has 4 rings (SSSR count). The monoisotopic (exact) mass is 566 g/mol. The van der Waals surface area contributed by atoms with E-state index in [0.717, 1.165) is 23.7 Å². The highest BCUT2D eigenvalue weighted by molar-refractivity contribution is 7.54. The average Bonchev–Trinajstić information content (AvgIpc) is 3.42. The average molecular weight is 567 g/mol. The van der Waals surface area contributed by atoms with Gasteiger partial charge in [0.15, 0.2) is 0 Å². The molecule has 4 N–H and O–H groups in total. The maximum Gasteiger partial charge on any atom is 0.375 e. The second-order valence-electron chi connectivity index (χ2n) is 9.94. The number of likely N-dealkylation sites (tertiary alicyclic amines) is 1. The summed E-state index contributed by atoms with van der Waals surface area (Å²) >= 11 is 0. The van der Waals surface area contributed by atoms with Gasteiger partial charge in [-0.05, 0) is 60.9 Å². The molecule has 0 aliphatic carbocycles. The van der Waals surface area contributed by atoms with Gasteiger partial charge in [-0.15, -0.1) is 0 Å². The molecule has 1 aliphatic heterocycles. The largest absolute Gasteiger partial charge is 0.489 e. The number of hydrogen-bond donors (Lipinski definition) is 3. The van der Waals surface area contributed by atoms with E-state index < -0.39 is 13.4 Å². The maximum absolute atomic E-state index is 14.2. The number of fused-ring (bicyclic) bond motifs is 1. The summed E-state index contributed by atoms with van der Waals surface area (Å²) in [4.78, 5) is 2.00. The Kier molecular flexibility index (Phi) is 9.85. The molecule has 0 saturated carbocycles. The lowest BCUT2D eigenvalue weighted by atomic mass is 10.1. The van der Waals surface area contributed by atoms with Gasteiger partial charge < -0.3 is 29.2 Å². The van der Waals surface area contributed by atoms with Crippen LogP contribution in [0.4, 0.5) is 0 Å². The summed E-state index contributed by atoms with van der Waals surface area (Å²) in [6.45, 7) is 7.72. The van der Waals surface area contributed by atoms with Crippen molar-refractivity contribution in [1.82, 2.24) is 4.90 Å². The van der Waals surface area contributed by atoms with E-state index in [0.29, 0.717) is 47.8 Å². The molecule has 40 heavy (non-hydrogen) atoms. The van der Waals surface area contributed by atoms with E-state index in [1.165, 1.54) is 0 Å². The fourth-order valence-corrected chi connectivity index (χ4v) is 6.56. The minimum atomic E-state index is -3.75. The van der Waals surface area contributed by atoms with Crippen molar-refractivity contribution in [2.75, 3.05) is 26.3 Å². The van der Waals surface area contributed by atoms with Crippen LogP contribution in [0.2, 0.25) is 0 Å². The van der Waals surface area contributed by atoms with Crippen LogP contribution in [-0.2, 0) is 13.6 Å². The fraction of sp³-hybridized carbons (Fsp3) is 0.400. The van der Waals surface area contributed by atoms with E-state index in [4.69, 9.17) is 35.1 Å². The van der Waals surface area contributed by atoms with Crippen LogP contribution in [0.3, 0.4) is 0 Å². The molecular formula is C30H39N4O5P. The topological polar surface area (TPSA) is 131 Å². The van der Waals surface area contributed by atoms with E-state index in [2.05, 4.69) is 0 Å². The van der Waals surface area contributed by atoms with Crippen LogP contribution >= 0.6 is 7.60 Å². The molecule has 9 nitrogen and oxygen atoms in total. The highest BCUT2D eigenvalue weighted by Crippen LogP contribution is 2.61. The maximum atomic E-state index is 14.2. The van der Waals surface area contributed by atoms with Gasteiger partial charge in [-0.2, -0.15) is 0 Å². The molecule has 0 aromatic heterocycles. The van der Waals surface area contributed by atoms with Crippen molar-refractivity contribution >= 4 is 30.0 Å². The molecule has 2 unspecified atom stereocenters. The zero-order valence-electron chi connectivity index (χ0n) is 23.4. The number of benzene rings is 3. The van der Waals surface area contributed by atoms with Gasteiger partial charge in [-0.1, -0.05) is 44.2 Å². The highest BCUT2D eigenvalue weighted by atomic mass is 31.2. The SMILES string of the molecule is CCCOP(=O)(OCCC)C(Oc1ccc2ccc(C(=N)N)cc2c1)c1ccc(OC2CCN(C(C)=N)C2)cc1. The first-order chi connectivity index (χ1) is 19.2. The van der Waals surface area contributed by atoms with Crippen LogP contribution in [0.25, 0.3) is 10.8 Å². The zero-order chi connectivity index (χ0) is 28.7. The minimum absolute atomic E-state index is 0.00237. The summed E-state index contributed by atoms with van der Waals surface area (Å²) < 4.78 is 38.6. The Labute approximate surface area is 236 Å². The molecule has 0 spiro atoms. The van der Waals surface area contributed by atoms with E-state index in [1.807, 2.05) is 73.3 Å². The zero-order valence-corrected chi connectivity index (χ0v) is 24.3. The minimum Gasteiger partial charge on any atom is -0.489 e. The third-order valence-electron chi connectivity index (χ3n) is 6.70. The molecule has 2 atom stereocenters. The summed E-state index contributed by atoms with van der Waals surface area (Å²) in [7, 11) is -3.75. The van der Waals surface area contributed by atoms with Crippen molar-refractivity contribution in [1.29, 1.82) is 10.8 Å². The van der Waals surface area contributed by atoms with Crippen LogP contribution in [0.1, 0.15) is 57.0 Å². The van der Waals surface area contributed by atoms with Crippen LogP contribution < -0.4 is 15.2 Å². The van der Waals surface area contributed by atoms with Crippen LogP contribution in [0.15, 0.2) is 60.7 Å². The van der Waals surface area contributed by atoms with Gasteiger partial charge in [0.05, 0.1) is 25.6 Å². The number of nitrogens with zero attached hydrogens (tertiary/aromatic N) is 1. The number of nitrogen functional groups attached to an aromatic ring is 1. The first-order valence-electron chi connectivity index (χ1n) is 13.7. The van der Waals surface area contributed by atoms with Gasteiger partial charge >= 0.3 is 7.60 Å². The normalized spacial score (nSPS) is 16.2. The Morgan fingerprint density at radius 1 is 0.975 bits per heavy atom. The molecule has 214 valence electrons. The molecule has 0 amide bonds. The number of hydrogen-bond acceptors (Lipinski definition) is 7. The smallest absolute Gasteiger partial charge is 0.375 e. The van der Waals surface area contributed by atoms with E-state index in [1.54, 1.807) is 13.0 Å². The second-order valence-corrected chi connectivity index (χ2v) is 12.0. The molecule has 1 aliphatic rings. The molecule has 0 bridgehead atoms. The lowest BCUT2D eigenvalue weighted by molar-refractivity contribution is 0.152. The lowest BCUT2D eigenvalue weighted by Gasteiger charge is -2.28. The molecule has 10 heteroatoms. The fourth-order valence-electron chi connectivity index (χ4n) is 4.55. The summed E-state index contributed by atoms with van der Waals surface area (Å²) in [5.74, 6) is 0.709. The van der Waals surface area contributed by atoms with Gasteiger partial charge in [0.25, 0.3) is 0 Å². The predicted molar refractivity (Wildman–Crippen MR) is 159 cm³/mol. The van der Waals surface area contributed by atoms with Crippen molar-refractivity contribution in [3.05, 3.63) is 71.8 Å². The van der Waals surface area contributed by atoms with Crippen molar-refractivity contribution in [2.24, 2.45) is 5.73 Å². The Hall–Kier alpha value is -3.39. The van der Waals surface area contributed by atoms with Gasteiger partial charge in [0.1, 0.15) is 23.4 Å². The van der Waals surface area contributed by atoms with Gasteiger partial charge in [-0.25, -0.2) is 0 Å². The summed E-state index contributed by atoms with van der Waals surface area (Å²) in [5, 5.41) is 17.4. The van der Waals surface area contributed by atoms with Crippen LogP contribution in [0, 0.1) is 10.8 Å². The Morgan fingerprint density at radius 3 is 2.23 bits per heavy atom. The van der Waals surface area contributed by atoms with E-state index in [9.17, 15) is 4.57 Å². The van der Waals surface area contributed by atoms with Crippen molar-refractivity contribution in [3.63, 3.8) is 0 Å². The molecule has 1 fully saturated rings. The number of nitrogens with one attached hydrogen (secondary N) is 2. The number of ether oxygens (including phenoxy) is 2. The lowest BCUT2D eigenvalue weighted by Crippen LogP contribution is -2.28. The Balaban J connectivity index is 1.64. The summed E-state index contributed by atoms with van der Waals surface area (Å²) in [6, 6.07) is 18.5. The number of amidine groups is 2. The van der Waals surface area contributed by atoms with Crippen molar-refractivity contribution < 1.29 is 23.1 Å². The van der Waals surface area contributed by atoms with Crippen molar-refractivity contribution in [3.8, 4) is 11.5 Å². The Morgan fingerprint density at radius 2 is 1.62 bits per heavy atom. The third kappa shape index (κ3) is 7.22. The number of rotatable bonds is 13. The molecule has 3 aromatic rings. The molecule has 0 radical (unpaired) electrons. The molecule has 1 heterocycles. The molecule has 3 aromatic carbocycles. The van der Waals surface area contributed by atoms with Crippen LogP contribution in [-0.4, -0.2) is 49.0 Å². The quantitative estimate of drug-likeness (QED) is 0.119. The van der Waals surface area contributed by atoms with E-state index in [-0.39, 0.29) is 25.2 Å². The first kappa shape index (κ1) is 29.6. The highest BCUT2D eigenvalue weighted by Gasteiger charge is 2.40. The predicted octanol–water partition coefficient (Wildman–Crippen LogP) is 6.70. The standard InChI is InChI=1S/C30H39N4O5P/c1-4-16-36-40(35,37-17-5-2)30(39-27-13-8-22-6-7-24(29(32)33)18-25(22)19-27)23-9-11-26(12-10-23)38-28-14-15-34(20-28)21(3)31/h6-13,18-19,28,30-31H,4-5,14-17,20H2,1-3H3,(H3,32,33). The molecular weight excluding hydrogens is 527 g/mol. The third-order valence-corrected chi connectivity index (χ3v) is 8.76. The molecule has 1 saturated heterocycles. The summed E-state index contributed by atoms with van der Waals surface area (Å²) in [5.41, 5.74) is 6.95. The first-order valence-corrected chi connectivity index (χ1v) is 15.3. The van der Waals surface area contributed by atoms with E-state index >= 15 is 0 Å².